The van der Waals surface area contributed by atoms with Crippen LogP contribution in [0, 0.1) is 5.41 Å². The molecule has 0 aliphatic heterocycles. The Morgan fingerprint density at radius 1 is 1.47 bits per heavy atom. The van der Waals surface area contributed by atoms with Gasteiger partial charge in [-0.1, -0.05) is 20.8 Å². The monoisotopic (exact) mass is 325 g/mol. The van der Waals surface area contributed by atoms with Crippen molar-refractivity contribution < 1.29 is 17.9 Å². The summed E-state index contributed by atoms with van der Waals surface area (Å²) in [5, 5.41) is 8.87. The fourth-order valence-electron chi connectivity index (χ4n) is 1.05. The molecule has 0 amide bonds. The maximum atomic E-state index is 11.9. The van der Waals surface area contributed by atoms with Crippen LogP contribution in [0.4, 0.5) is 0 Å². The summed E-state index contributed by atoms with van der Waals surface area (Å²) in [5.41, 5.74) is -0.150. The van der Waals surface area contributed by atoms with Gasteiger partial charge in [0.05, 0.1) is 0 Å². The van der Waals surface area contributed by atoms with Gasteiger partial charge in [0.2, 0.25) is 10.0 Å². The molecule has 1 aromatic heterocycles. The lowest BCUT2D eigenvalue weighted by Gasteiger charge is -2.18. The molecule has 0 fully saturated rings. The van der Waals surface area contributed by atoms with Crippen LogP contribution >= 0.6 is 15.9 Å². The quantitative estimate of drug-likeness (QED) is 0.885. The molecule has 98 valence electrons. The molecule has 1 heterocycles. The Bertz CT molecular complexity index is 487. The van der Waals surface area contributed by atoms with Crippen molar-refractivity contribution in [1.29, 1.82) is 0 Å². The Balaban J connectivity index is 2.93. The first kappa shape index (κ1) is 14.7. The second kappa shape index (κ2) is 5.09. The zero-order valence-electron chi connectivity index (χ0n) is 9.95. The average molecular weight is 326 g/mol. The second-order valence-electron chi connectivity index (χ2n) is 4.89. The molecule has 1 rings (SSSR count). The lowest BCUT2D eigenvalue weighted by atomic mass is 9.98. The van der Waals surface area contributed by atoms with Crippen molar-refractivity contribution in [3.63, 3.8) is 0 Å². The zero-order chi connectivity index (χ0) is 13.3. The van der Waals surface area contributed by atoms with Gasteiger partial charge in [-0.2, -0.15) is 0 Å². The first-order valence-corrected chi connectivity index (χ1v) is 7.32. The number of hydrogen-bond acceptors (Lipinski definition) is 4. The molecule has 0 radical (unpaired) electrons. The summed E-state index contributed by atoms with van der Waals surface area (Å²) >= 11 is 3.02. The summed E-state index contributed by atoms with van der Waals surface area (Å²) in [7, 11) is -3.62. The maximum absolute atomic E-state index is 11.9. The van der Waals surface area contributed by atoms with E-state index in [1.807, 2.05) is 20.8 Å². The lowest BCUT2D eigenvalue weighted by Crippen LogP contribution is -2.32. The van der Waals surface area contributed by atoms with Crippen molar-refractivity contribution in [2.24, 2.45) is 5.41 Å². The van der Waals surface area contributed by atoms with Crippen LogP contribution in [0.15, 0.2) is 20.0 Å². The molecule has 5 nitrogen and oxygen atoms in total. The number of aliphatic hydroxyl groups excluding tert-OH is 1. The highest BCUT2D eigenvalue weighted by molar-refractivity contribution is 9.10. The predicted molar refractivity (Wildman–Crippen MR) is 67.0 cm³/mol. The third kappa shape index (κ3) is 4.09. The third-order valence-corrected chi connectivity index (χ3v) is 4.20. The van der Waals surface area contributed by atoms with E-state index in [2.05, 4.69) is 20.7 Å². The van der Waals surface area contributed by atoms with Gasteiger partial charge in [0.25, 0.3) is 0 Å². The number of furan rings is 1. The Morgan fingerprint density at radius 2 is 2.06 bits per heavy atom. The van der Waals surface area contributed by atoms with E-state index in [4.69, 9.17) is 9.52 Å². The fraction of sp³-hybridized carbons (Fsp3) is 0.600. The van der Waals surface area contributed by atoms with E-state index < -0.39 is 10.0 Å². The number of halogens is 1. The van der Waals surface area contributed by atoms with Gasteiger partial charge in [-0.05, 0) is 21.3 Å². The van der Waals surface area contributed by atoms with Crippen LogP contribution in [-0.2, 0) is 16.6 Å². The molecule has 0 saturated carbocycles. The Hall–Kier alpha value is -0.370. The SMILES string of the molecule is CC(C)(C)CNS(=O)(=O)c1cc(CO)oc1Br. The van der Waals surface area contributed by atoms with Crippen molar-refractivity contribution in [2.75, 3.05) is 6.54 Å². The maximum Gasteiger partial charge on any atom is 0.244 e. The van der Waals surface area contributed by atoms with Gasteiger partial charge in [0.1, 0.15) is 17.3 Å². The molecule has 17 heavy (non-hydrogen) atoms. The fourth-order valence-corrected chi connectivity index (χ4v) is 3.33. The van der Waals surface area contributed by atoms with E-state index in [-0.39, 0.29) is 27.3 Å². The predicted octanol–water partition coefficient (Wildman–Crippen LogP) is 1.86. The Labute approximate surface area is 109 Å². The highest BCUT2D eigenvalue weighted by Gasteiger charge is 2.24. The first-order chi connectivity index (χ1) is 7.65. The number of sulfonamides is 1. The van der Waals surface area contributed by atoms with Crippen LogP contribution in [0.1, 0.15) is 26.5 Å². The summed E-state index contributed by atoms with van der Waals surface area (Å²) in [6, 6.07) is 1.30. The molecule has 0 saturated heterocycles. The Morgan fingerprint density at radius 3 is 2.47 bits per heavy atom. The topological polar surface area (TPSA) is 79.5 Å². The van der Waals surface area contributed by atoms with Gasteiger partial charge >= 0.3 is 0 Å². The van der Waals surface area contributed by atoms with Gasteiger partial charge in [-0.25, -0.2) is 13.1 Å². The van der Waals surface area contributed by atoms with E-state index in [1.54, 1.807) is 0 Å². The minimum absolute atomic E-state index is 0.00537. The van der Waals surface area contributed by atoms with Gasteiger partial charge in [0.15, 0.2) is 4.67 Å². The average Bonchev–Trinajstić information content (AvgIpc) is 2.57. The summed E-state index contributed by atoms with van der Waals surface area (Å²) in [6.45, 7) is 5.77. The van der Waals surface area contributed by atoms with Crippen molar-refractivity contribution in [2.45, 2.75) is 32.3 Å². The molecule has 0 aliphatic carbocycles. The van der Waals surface area contributed by atoms with E-state index in [1.165, 1.54) is 6.07 Å². The van der Waals surface area contributed by atoms with Crippen LogP contribution in [0.3, 0.4) is 0 Å². The molecule has 0 atom stereocenters. The number of rotatable bonds is 4. The minimum atomic E-state index is -3.62. The van der Waals surface area contributed by atoms with E-state index >= 15 is 0 Å². The molecule has 2 N–H and O–H groups in total. The minimum Gasteiger partial charge on any atom is -0.450 e. The summed E-state index contributed by atoms with van der Waals surface area (Å²) < 4.78 is 31.5. The van der Waals surface area contributed by atoms with E-state index in [0.717, 1.165) is 0 Å². The van der Waals surface area contributed by atoms with E-state index in [9.17, 15) is 8.42 Å². The van der Waals surface area contributed by atoms with Crippen LogP contribution in [-0.4, -0.2) is 20.1 Å². The third-order valence-electron chi connectivity index (χ3n) is 1.94. The number of nitrogens with one attached hydrogen (secondary N) is 1. The molecular weight excluding hydrogens is 310 g/mol. The first-order valence-electron chi connectivity index (χ1n) is 5.04. The molecule has 0 aromatic carbocycles. The van der Waals surface area contributed by atoms with Crippen molar-refractivity contribution in [3.8, 4) is 0 Å². The largest absolute Gasteiger partial charge is 0.450 e. The van der Waals surface area contributed by atoms with Crippen molar-refractivity contribution in [1.82, 2.24) is 4.72 Å². The van der Waals surface area contributed by atoms with Crippen molar-refractivity contribution in [3.05, 3.63) is 16.5 Å². The highest BCUT2D eigenvalue weighted by Crippen LogP contribution is 2.26. The van der Waals surface area contributed by atoms with Crippen LogP contribution in [0.25, 0.3) is 0 Å². The molecule has 1 aromatic rings. The number of aliphatic hydroxyl groups is 1. The molecule has 0 unspecified atom stereocenters. The molecule has 0 spiro atoms. The summed E-state index contributed by atoms with van der Waals surface area (Å²) in [4.78, 5) is 0.00537. The smallest absolute Gasteiger partial charge is 0.244 e. The second-order valence-corrected chi connectivity index (χ2v) is 7.35. The normalized spacial score (nSPS) is 13.0. The molecule has 0 aliphatic rings. The molecule has 7 heteroatoms. The highest BCUT2D eigenvalue weighted by atomic mass is 79.9. The van der Waals surface area contributed by atoms with E-state index in [0.29, 0.717) is 6.54 Å². The standard InChI is InChI=1S/C10H16BrNO4S/c1-10(2,3)6-12-17(14,15)8-4-7(5-13)16-9(8)11/h4,12-13H,5-6H2,1-3H3. The van der Waals surface area contributed by atoms with Gasteiger partial charge in [-0.3, -0.25) is 0 Å². The summed E-state index contributed by atoms with van der Waals surface area (Å²) in [6.07, 6.45) is 0. The van der Waals surface area contributed by atoms with Gasteiger partial charge < -0.3 is 9.52 Å². The van der Waals surface area contributed by atoms with Crippen LogP contribution in [0.2, 0.25) is 0 Å². The zero-order valence-corrected chi connectivity index (χ0v) is 12.4. The van der Waals surface area contributed by atoms with Crippen LogP contribution < -0.4 is 4.72 Å². The molecular formula is C10H16BrNO4S. The van der Waals surface area contributed by atoms with Gasteiger partial charge in [-0.15, -0.1) is 0 Å². The number of hydrogen-bond donors (Lipinski definition) is 2. The lowest BCUT2D eigenvalue weighted by molar-refractivity contribution is 0.245. The summed E-state index contributed by atoms with van der Waals surface area (Å²) in [5.74, 6) is 0.202. The Kier molecular flexibility index (Phi) is 4.40. The van der Waals surface area contributed by atoms with Gasteiger partial charge in [0, 0.05) is 12.6 Å². The van der Waals surface area contributed by atoms with Crippen LogP contribution in [0.5, 0.6) is 0 Å². The van der Waals surface area contributed by atoms with Crippen molar-refractivity contribution >= 4 is 26.0 Å². The molecule has 0 bridgehead atoms.